The van der Waals surface area contributed by atoms with Crippen molar-refractivity contribution < 1.29 is 4.79 Å². The number of hydrogen-bond acceptors (Lipinski definition) is 2. The summed E-state index contributed by atoms with van der Waals surface area (Å²) in [7, 11) is 0. The summed E-state index contributed by atoms with van der Waals surface area (Å²) >= 11 is 0. The normalized spacial score (nSPS) is 14.5. The second-order valence-corrected chi connectivity index (χ2v) is 4.23. The molecule has 76 valence electrons. The first kappa shape index (κ1) is 12.1. The fraction of sp³-hybridized carbons (Fsp3) is 0.800. The van der Waals surface area contributed by atoms with E-state index in [0.29, 0.717) is 0 Å². The first-order chi connectivity index (χ1) is 5.90. The monoisotopic (exact) mass is 184 g/mol. The molecule has 3 nitrogen and oxygen atoms in total. The molecule has 0 saturated carbocycles. The average molecular weight is 184 g/mol. The van der Waals surface area contributed by atoms with Crippen LogP contribution in [-0.4, -0.2) is 29.2 Å². The van der Waals surface area contributed by atoms with Crippen LogP contribution < -0.4 is 0 Å². The predicted molar refractivity (Wildman–Crippen MR) is 55.9 cm³/mol. The molecule has 0 aromatic carbocycles. The third kappa shape index (κ3) is 5.39. The van der Waals surface area contributed by atoms with E-state index in [1.54, 1.807) is 11.2 Å². The fourth-order valence-electron chi connectivity index (χ4n) is 0.696. The van der Waals surface area contributed by atoms with Crippen molar-refractivity contribution in [3.05, 3.63) is 0 Å². The lowest BCUT2D eigenvalue weighted by molar-refractivity contribution is -0.115. The molecule has 0 aromatic heterocycles. The van der Waals surface area contributed by atoms with Crippen LogP contribution in [-0.2, 0) is 4.79 Å². The van der Waals surface area contributed by atoms with Gasteiger partial charge in [0.2, 0.25) is 6.41 Å². The lowest BCUT2D eigenvalue weighted by Crippen LogP contribution is -2.31. The van der Waals surface area contributed by atoms with Crippen LogP contribution in [0.3, 0.4) is 0 Å². The van der Waals surface area contributed by atoms with Gasteiger partial charge in [-0.3, -0.25) is 9.79 Å². The van der Waals surface area contributed by atoms with E-state index in [1.807, 2.05) is 34.6 Å². The van der Waals surface area contributed by atoms with Crippen molar-refractivity contribution in [2.45, 2.75) is 52.6 Å². The van der Waals surface area contributed by atoms with Gasteiger partial charge in [0.1, 0.15) is 0 Å². The molecular formula is C10H20N2O. The van der Waals surface area contributed by atoms with Crippen LogP contribution in [0.1, 0.15) is 41.0 Å². The van der Waals surface area contributed by atoms with E-state index in [2.05, 4.69) is 4.99 Å². The molecule has 0 aliphatic heterocycles. The van der Waals surface area contributed by atoms with Gasteiger partial charge in [-0.05, 0) is 34.1 Å². The van der Waals surface area contributed by atoms with Crippen molar-refractivity contribution in [3.63, 3.8) is 0 Å². The van der Waals surface area contributed by atoms with Gasteiger partial charge in [-0.2, -0.15) is 0 Å². The third-order valence-corrected chi connectivity index (χ3v) is 1.80. The van der Waals surface area contributed by atoms with Gasteiger partial charge in [-0.1, -0.05) is 6.92 Å². The van der Waals surface area contributed by atoms with E-state index in [9.17, 15) is 4.79 Å². The molecule has 0 saturated heterocycles. The molecule has 3 heteroatoms. The quantitative estimate of drug-likeness (QED) is 0.374. The zero-order chi connectivity index (χ0) is 10.5. The van der Waals surface area contributed by atoms with Gasteiger partial charge in [-0.15, -0.1) is 0 Å². The minimum atomic E-state index is -0.116. The summed E-state index contributed by atoms with van der Waals surface area (Å²) in [5, 5.41) is 0. The van der Waals surface area contributed by atoms with Crippen LogP contribution in [0.5, 0.6) is 0 Å². The Hall–Kier alpha value is -0.860. The molecule has 0 N–H and O–H groups in total. The highest BCUT2D eigenvalue weighted by Crippen LogP contribution is 2.06. The van der Waals surface area contributed by atoms with E-state index in [1.165, 1.54) is 0 Å². The van der Waals surface area contributed by atoms with Gasteiger partial charge >= 0.3 is 0 Å². The Morgan fingerprint density at radius 3 is 2.31 bits per heavy atom. The molecule has 0 aliphatic rings. The summed E-state index contributed by atoms with van der Waals surface area (Å²) in [5.74, 6) is 0. The maximum Gasteiger partial charge on any atom is 0.215 e. The summed E-state index contributed by atoms with van der Waals surface area (Å²) in [6, 6.07) is 0.226. The zero-order valence-corrected chi connectivity index (χ0v) is 9.24. The molecule has 13 heavy (non-hydrogen) atoms. The second kappa shape index (κ2) is 5.00. The van der Waals surface area contributed by atoms with E-state index in [-0.39, 0.29) is 11.6 Å². The smallest absolute Gasteiger partial charge is 0.215 e. The highest BCUT2D eigenvalue weighted by atomic mass is 16.1. The number of carbonyl (C=O) groups is 1. The van der Waals surface area contributed by atoms with Crippen LogP contribution in [0.4, 0.5) is 0 Å². The van der Waals surface area contributed by atoms with Crippen molar-refractivity contribution in [1.82, 2.24) is 4.90 Å². The average Bonchev–Trinajstić information content (AvgIpc) is 2.03. The van der Waals surface area contributed by atoms with Gasteiger partial charge in [0, 0.05) is 6.04 Å². The Balaban J connectivity index is 4.28. The van der Waals surface area contributed by atoms with E-state index in [0.717, 1.165) is 12.8 Å². The highest BCUT2D eigenvalue weighted by Gasteiger charge is 2.09. The number of hydrogen-bond donors (Lipinski definition) is 0. The molecular weight excluding hydrogens is 164 g/mol. The Morgan fingerprint density at radius 1 is 1.46 bits per heavy atom. The van der Waals surface area contributed by atoms with E-state index in [4.69, 9.17) is 0 Å². The highest BCUT2D eigenvalue weighted by molar-refractivity contribution is 5.72. The topological polar surface area (TPSA) is 32.7 Å². The zero-order valence-electron chi connectivity index (χ0n) is 9.24. The van der Waals surface area contributed by atoms with Gasteiger partial charge in [-0.25, -0.2) is 0 Å². The minimum absolute atomic E-state index is 0.116. The maximum absolute atomic E-state index is 10.7. The molecule has 1 amide bonds. The lowest BCUT2D eigenvalue weighted by atomic mass is 10.1. The van der Waals surface area contributed by atoms with Gasteiger partial charge in [0.25, 0.3) is 0 Å². The molecule has 1 unspecified atom stereocenters. The van der Waals surface area contributed by atoms with Gasteiger partial charge < -0.3 is 4.90 Å². The fourth-order valence-corrected chi connectivity index (χ4v) is 0.696. The summed E-state index contributed by atoms with van der Waals surface area (Å²) in [5.41, 5.74) is -0.116. The SMILES string of the molecule is CCC(C)N(C=O)/C=N\C(C)(C)C. The molecule has 0 radical (unpaired) electrons. The Morgan fingerprint density at radius 2 is 2.00 bits per heavy atom. The lowest BCUT2D eigenvalue weighted by Gasteiger charge is -2.20. The molecule has 0 aliphatic carbocycles. The summed E-state index contributed by atoms with van der Waals surface area (Å²) in [6.07, 6.45) is 3.39. The molecule has 0 rings (SSSR count). The number of carbonyl (C=O) groups excluding carboxylic acids is 1. The molecule has 0 bridgehead atoms. The van der Waals surface area contributed by atoms with E-state index >= 15 is 0 Å². The van der Waals surface area contributed by atoms with Crippen LogP contribution in [0.15, 0.2) is 4.99 Å². The first-order valence-electron chi connectivity index (χ1n) is 4.68. The van der Waals surface area contributed by atoms with Gasteiger partial charge in [0.15, 0.2) is 0 Å². The number of rotatable bonds is 4. The van der Waals surface area contributed by atoms with Crippen LogP contribution >= 0.6 is 0 Å². The Bertz CT molecular complexity index is 182. The molecule has 0 aromatic rings. The largest absolute Gasteiger partial charge is 0.303 e. The second-order valence-electron chi connectivity index (χ2n) is 4.23. The number of nitrogens with zero attached hydrogens (tertiary/aromatic N) is 2. The van der Waals surface area contributed by atoms with Crippen LogP contribution in [0.2, 0.25) is 0 Å². The summed E-state index contributed by atoms with van der Waals surface area (Å²) < 4.78 is 0. The van der Waals surface area contributed by atoms with Crippen molar-refractivity contribution >= 4 is 12.7 Å². The molecule has 0 heterocycles. The molecule has 0 spiro atoms. The third-order valence-electron chi connectivity index (χ3n) is 1.80. The van der Waals surface area contributed by atoms with E-state index < -0.39 is 0 Å². The standard InChI is InChI=1S/C10H20N2O/c1-6-9(2)12(8-13)7-11-10(3,4)5/h7-9H,6H2,1-5H3/b11-7-. The maximum atomic E-state index is 10.7. The van der Waals surface area contributed by atoms with Crippen LogP contribution in [0.25, 0.3) is 0 Å². The number of aliphatic imine (C=N–C) groups is 1. The Kier molecular flexibility index (Phi) is 4.67. The first-order valence-corrected chi connectivity index (χ1v) is 4.68. The summed E-state index contributed by atoms with van der Waals surface area (Å²) in [6.45, 7) is 10.1. The van der Waals surface area contributed by atoms with Crippen molar-refractivity contribution in [2.24, 2.45) is 4.99 Å². The minimum Gasteiger partial charge on any atom is -0.303 e. The molecule has 1 atom stereocenters. The van der Waals surface area contributed by atoms with Crippen molar-refractivity contribution in [2.75, 3.05) is 0 Å². The number of amides is 1. The van der Waals surface area contributed by atoms with Crippen molar-refractivity contribution in [1.29, 1.82) is 0 Å². The Labute approximate surface area is 80.8 Å². The van der Waals surface area contributed by atoms with Gasteiger partial charge in [0.05, 0.1) is 11.9 Å². The summed E-state index contributed by atoms with van der Waals surface area (Å²) in [4.78, 5) is 16.5. The van der Waals surface area contributed by atoms with Crippen LogP contribution in [0, 0.1) is 0 Å². The van der Waals surface area contributed by atoms with Crippen molar-refractivity contribution in [3.8, 4) is 0 Å². The molecule has 0 fully saturated rings. The predicted octanol–water partition coefficient (Wildman–Crippen LogP) is 2.07.